The van der Waals surface area contributed by atoms with Gasteiger partial charge in [-0.3, -0.25) is 4.79 Å². The van der Waals surface area contributed by atoms with Gasteiger partial charge in [-0.25, -0.2) is 4.52 Å². The summed E-state index contributed by atoms with van der Waals surface area (Å²) < 4.78 is 6.94. The molecule has 0 unspecified atom stereocenters. The minimum Gasteiger partial charge on any atom is -0.496 e. The fourth-order valence-corrected chi connectivity index (χ4v) is 2.59. The number of hydrogen-bond donors (Lipinski definition) is 1. The van der Waals surface area contributed by atoms with Gasteiger partial charge in [0.15, 0.2) is 0 Å². The summed E-state index contributed by atoms with van der Waals surface area (Å²) in [5.74, 6) is 0.368. The molecule has 0 spiro atoms. The van der Waals surface area contributed by atoms with Gasteiger partial charge in [0, 0.05) is 12.6 Å². The third kappa shape index (κ3) is 2.17. The number of carbonyl (C=O) groups is 1. The first-order chi connectivity index (χ1) is 10.7. The summed E-state index contributed by atoms with van der Waals surface area (Å²) >= 11 is 6.23. The van der Waals surface area contributed by atoms with E-state index >= 15 is 0 Å². The Morgan fingerprint density at radius 2 is 2.14 bits per heavy atom. The van der Waals surface area contributed by atoms with Crippen molar-refractivity contribution in [3.8, 4) is 17.0 Å². The lowest BCUT2D eigenvalue weighted by molar-refractivity contribution is 0.0963. The van der Waals surface area contributed by atoms with Crippen molar-refractivity contribution < 1.29 is 9.53 Å². The molecule has 0 saturated carbocycles. The molecule has 7 heteroatoms. The van der Waals surface area contributed by atoms with Gasteiger partial charge in [0.05, 0.1) is 29.6 Å². The minimum absolute atomic E-state index is 0.264. The second-order valence-corrected chi connectivity index (χ2v) is 4.97. The zero-order valence-electron chi connectivity index (χ0n) is 12.0. The molecule has 0 radical (unpaired) electrons. The van der Waals surface area contributed by atoms with Gasteiger partial charge in [0.1, 0.15) is 11.3 Å². The molecule has 6 nitrogen and oxygen atoms in total. The van der Waals surface area contributed by atoms with E-state index in [1.54, 1.807) is 30.9 Å². The Kier molecular flexibility index (Phi) is 3.68. The highest BCUT2D eigenvalue weighted by atomic mass is 35.5. The quantitative estimate of drug-likeness (QED) is 0.805. The normalized spacial score (nSPS) is 10.7. The number of rotatable bonds is 3. The zero-order valence-corrected chi connectivity index (χ0v) is 12.8. The van der Waals surface area contributed by atoms with E-state index in [0.717, 1.165) is 5.56 Å². The Balaban J connectivity index is 2.42. The van der Waals surface area contributed by atoms with Gasteiger partial charge < -0.3 is 10.1 Å². The Morgan fingerprint density at radius 3 is 2.86 bits per heavy atom. The summed E-state index contributed by atoms with van der Waals surface area (Å²) in [6, 6.07) is 9.01. The zero-order chi connectivity index (χ0) is 15.7. The number of nitrogens with one attached hydrogen (secondary N) is 1. The number of amides is 1. The Labute approximate surface area is 131 Å². The van der Waals surface area contributed by atoms with Crippen molar-refractivity contribution in [3.05, 3.63) is 47.1 Å². The van der Waals surface area contributed by atoms with Gasteiger partial charge in [-0.15, -0.1) is 5.10 Å². The van der Waals surface area contributed by atoms with Gasteiger partial charge in [0.2, 0.25) is 0 Å². The molecule has 22 heavy (non-hydrogen) atoms. The molecular weight excluding hydrogens is 304 g/mol. The molecule has 0 aliphatic carbocycles. The lowest BCUT2D eigenvalue weighted by Crippen LogP contribution is -2.20. The Hall–Kier alpha value is -2.60. The monoisotopic (exact) mass is 316 g/mol. The maximum atomic E-state index is 12.3. The van der Waals surface area contributed by atoms with E-state index in [1.807, 2.05) is 24.3 Å². The van der Waals surface area contributed by atoms with Crippen LogP contribution in [-0.4, -0.2) is 34.9 Å². The standard InChI is InChI=1S/C15H13ClN4O2/c1-17-15(21)10-7-11(16)12-8-18-19-20(12)14(10)9-5-3-4-6-13(9)22-2/h3-8H,1-2H3,(H,17,21). The van der Waals surface area contributed by atoms with Crippen LogP contribution in [0.2, 0.25) is 5.02 Å². The highest BCUT2D eigenvalue weighted by Crippen LogP contribution is 2.34. The number of para-hydroxylation sites is 1. The molecule has 0 bridgehead atoms. The van der Waals surface area contributed by atoms with Crippen LogP contribution in [0.25, 0.3) is 16.8 Å². The molecule has 1 amide bonds. The van der Waals surface area contributed by atoms with Gasteiger partial charge >= 0.3 is 0 Å². The summed E-state index contributed by atoms with van der Waals surface area (Å²) in [7, 11) is 3.14. The first-order valence-corrected chi connectivity index (χ1v) is 6.93. The Morgan fingerprint density at radius 1 is 1.36 bits per heavy atom. The van der Waals surface area contributed by atoms with Crippen molar-refractivity contribution in [2.75, 3.05) is 14.2 Å². The molecule has 2 aromatic heterocycles. The average molecular weight is 317 g/mol. The molecular formula is C15H13ClN4O2. The fraction of sp³-hybridized carbons (Fsp3) is 0.133. The van der Waals surface area contributed by atoms with E-state index in [0.29, 0.717) is 27.5 Å². The second kappa shape index (κ2) is 5.65. The third-order valence-electron chi connectivity index (χ3n) is 3.37. The second-order valence-electron chi connectivity index (χ2n) is 4.57. The first-order valence-electron chi connectivity index (χ1n) is 6.55. The number of ether oxygens (including phenoxy) is 1. The number of hydrogen-bond acceptors (Lipinski definition) is 4. The van der Waals surface area contributed by atoms with Crippen molar-refractivity contribution in [1.82, 2.24) is 20.1 Å². The van der Waals surface area contributed by atoms with Crippen LogP contribution in [0.5, 0.6) is 5.75 Å². The topological polar surface area (TPSA) is 68.5 Å². The number of fused-ring (bicyclic) bond motifs is 1. The average Bonchev–Trinajstić information content (AvgIpc) is 3.04. The summed E-state index contributed by atoms with van der Waals surface area (Å²) in [6.45, 7) is 0. The largest absolute Gasteiger partial charge is 0.496 e. The van der Waals surface area contributed by atoms with Gasteiger partial charge in [-0.2, -0.15) is 0 Å². The predicted molar refractivity (Wildman–Crippen MR) is 83.4 cm³/mol. The summed E-state index contributed by atoms with van der Waals surface area (Å²) in [6.07, 6.45) is 1.55. The van der Waals surface area contributed by atoms with Crippen molar-refractivity contribution >= 4 is 23.0 Å². The molecule has 0 saturated heterocycles. The number of nitrogens with zero attached hydrogens (tertiary/aromatic N) is 3. The van der Waals surface area contributed by atoms with E-state index in [2.05, 4.69) is 15.6 Å². The number of pyridine rings is 1. The van der Waals surface area contributed by atoms with Gasteiger partial charge in [0.25, 0.3) is 5.91 Å². The smallest absolute Gasteiger partial charge is 0.253 e. The molecule has 0 aliphatic heterocycles. The number of benzene rings is 1. The Bertz CT molecular complexity index is 860. The lowest BCUT2D eigenvalue weighted by Gasteiger charge is -2.14. The molecule has 2 heterocycles. The molecule has 112 valence electrons. The van der Waals surface area contributed by atoms with E-state index in [9.17, 15) is 4.79 Å². The van der Waals surface area contributed by atoms with Gasteiger partial charge in [-0.05, 0) is 18.2 Å². The van der Waals surface area contributed by atoms with Crippen molar-refractivity contribution in [2.24, 2.45) is 0 Å². The van der Waals surface area contributed by atoms with Crippen LogP contribution in [0, 0.1) is 0 Å². The van der Waals surface area contributed by atoms with Crippen LogP contribution < -0.4 is 10.1 Å². The lowest BCUT2D eigenvalue weighted by atomic mass is 10.0. The molecule has 0 aliphatic rings. The maximum absolute atomic E-state index is 12.3. The fourth-order valence-electron chi connectivity index (χ4n) is 2.35. The maximum Gasteiger partial charge on any atom is 0.253 e. The van der Waals surface area contributed by atoms with Crippen LogP contribution in [0.15, 0.2) is 36.5 Å². The summed E-state index contributed by atoms with van der Waals surface area (Å²) in [4.78, 5) is 12.3. The number of carbonyl (C=O) groups excluding carboxylic acids is 1. The molecule has 1 N–H and O–H groups in total. The van der Waals surface area contributed by atoms with Crippen molar-refractivity contribution in [1.29, 1.82) is 0 Å². The van der Waals surface area contributed by atoms with Gasteiger partial charge in [-0.1, -0.05) is 28.9 Å². The molecule has 0 fully saturated rings. The summed E-state index contributed by atoms with van der Waals surface area (Å²) in [5.41, 5.74) is 2.33. The third-order valence-corrected chi connectivity index (χ3v) is 3.67. The van der Waals surface area contributed by atoms with E-state index in [4.69, 9.17) is 16.3 Å². The first kappa shape index (κ1) is 14.3. The SMILES string of the molecule is CNC(=O)c1cc(Cl)c2cnnn2c1-c1ccccc1OC. The van der Waals surface area contributed by atoms with Crippen LogP contribution in [0.3, 0.4) is 0 Å². The molecule has 3 aromatic rings. The minimum atomic E-state index is -0.264. The summed E-state index contributed by atoms with van der Waals surface area (Å²) in [5, 5.41) is 11.0. The number of methoxy groups -OCH3 is 1. The van der Waals surface area contributed by atoms with Crippen molar-refractivity contribution in [2.45, 2.75) is 0 Å². The van der Waals surface area contributed by atoms with E-state index in [1.165, 1.54) is 0 Å². The molecule has 3 rings (SSSR count). The highest BCUT2D eigenvalue weighted by molar-refractivity contribution is 6.34. The van der Waals surface area contributed by atoms with Crippen LogP contribution in [0.1, 0.15) is 10.4 Å². The van der Waals surface area contributed by atoms with Crippen LogP contribution in [0.4, 0.5) is 0 Å². The van der Waals surface area contributed by atoms with Crippen LogP contribution >= 0.6 is 11.6 Å². The van der Waals surface area contributed by atoms with E-state index in [-0.39, 0.29) is 5.91 Å². The molecule has 0 atom stereocenters. The predicted octanol–water partition coefficient (Wildman–Crippen LogP) is 2.42. The molecule has 1 aromatic carbocycles. The number of aromatic nitrogens is 3. The van der Waals surface area contributed by atoms with Crippen LogP contribution in [-0.2, 0) is 0 Å². The van der Waals surface area contributed by atoms with Crippen molar-refractivity contribution in [3.63, 3.8) is 0 Å². The number of halogens is 1. The van der Waals surface area contributed by atoms with E-state index < -0.39 is 0 Å². The highest BCUT2D eigenvalue weighted by Gasteiger charge is 2.21.